The number of hydrogen-bond acceptors (Lipinski definition) is 3. The van der Waals surface area contributed by atoms with Crippen molar-refractivity contribution >= 4 is 16.9 Å². The first-order chi connectivity index (χ1) is 9.42. The van der Waals surface area contributed by atoms with E-state index in [1.165, 1.54) is 25.2 Å². The summed E-state index contributed by atoms with van der Waals surface area (Å²) in [5, 5.41) is 4.31. The van der Waals surface area contributed by atoms with Crippen molar-refractivity contribution in [2.24, 2.45) is 16.6 Å². The quantitative estimate of drug-likeness (QED) is 0.912. The summed E-state index contributed by atoms with van der Waals surface area (Å²) in [5.74, 6) is 0. The Morgan fingerprint density at radius 2 is 2.15 bits per heavy atom. The minimum atomic E-state index is 0. The van der Waals surface area contributed by atoms with Crippen molar-refractivity contribution in [3.05, 3.63) is 36.7 Å². The molecule has 0 unspecified atom stereocenters. The SMILES string of the molecule is C=C(N)c1cnn2ccc(N3CC4(C3)CC4(C)C)cc12.[HH]. The lowest BCUT2D eigenvalue weighted by Crippen LogP contribution is -2.50. The average molecular weight is 270 g/mol. The molecule has 2 fully saturated rings. The summed E-state index contributed by atoms with van der Waals surface area (Å²) in [4.78, 5) is 2.45. The van der Waals surface area contributed by atoms with Crippen molar-refractivity contribution in [3.8, 4) is 0 Å². The molecule has 2 aliphatic rings. The lowest BCUT2D eigenvalue weighted by molar-refractivity contribution is 0.302. The van der Waals surface area contributed by atoms with E-state index in [0.717, 1.165) is 11.1 Å². The van der Waals surface area contributed by atoms with Crippen molar-refractivity contribution in [2.75, 3.05) is 18.0 Å². The Labute approximate surface area is 120 Å². The third kappa shape index (κ3) is 1.39. The zero-order valence-electron chi connectivity index (χ0n) is 12.1. The monoisotopic (exact) mass is 270 g/mol. The van der Waals surface area contributed by atoms with E-state index in [1.54, 1.807) is 6.20 Å². The van der Waals surface area contributed by atoms with Gasteiger partial charge in [-0.15, -0.1) is 0 Å². The van der Waals surface area contributed by atoms with E-state index in [-0.39, 0.29) is 1.43 Å². The van der Waals surface area contributed by atoms with Crippen LogP contribution in [0.1, 0.15) is 27.3 Å². The molecule has 1 aliphatic carbocycles. The molecule has 2 N–H and O–H groups in total. The van der Waals surface area contributed by atoms with Crippen LogP contribution in [0.15, 0.2) is 31.1 Å². The second kappa shape index (κ2) is 3.37. The van der Waals surface area contributed by atoms with Gasteiger partial charge in [0.25, 0.3) is 0 Å². The molecule has 106 valence electrons. The van der Waals surface area contributed by atoms with Gasteiger partial charge in [0.15, 0.2) is 0 Å². The van der Waals surface area contributed by atoms with Crippen LogP contribution in [0.3, 0.4) is 0 Å². The van der Waals surface area contributed by atoms with Crippen LogP contribution in [-0.2, 0) is 0 Å². The number of anilines is 1. The first-order valence-corrected chi connectivity index (χ1v) is 7.09. The molecule has 4 rings (SSSR count). The maximum absolute atomic E-state index is 5.82. The fraction of sp³-hybridized carbons (Fsp3) is 0.438. The van der Waals surface area contributed by atoms with E-state index in [0.29, 0.717) is 16.5 Å². The number of hydrogen-bond donors (Lipinski definition) is 1. The van der Waals surface area contributed by atoms with Gasteiger partial charge in [-0.3, -0.25) is 0 Å². The van der Waals surface area contributed by atoms with Gasteiger partial charge in [0.1, 0.15) is 0 Å². The predicted molar refractivity (Wildman–Crippen MR) is 83.6 cm³/mol. The summed E-state index contributed by atoms with van der Waals surface area (Å²) < 4.78 is 1.85. The highest BCUT2D eigenvalue weighted by Gasteiger charge is 2.66. The fourth-order valence-corrected chi connectivity index (χ4v) is 3.62. The number of fused-ring (bicyclic) bond motifs is 1. The molecule has 1 spiro atoms. The van der Waals surface area contributed by atoms with E-state index in [1.807, 2.05) is 10.7 Å². The van der Waals surface area contributed by atoms with Crippen LogP contribution in [0.2, 0.25) is 0 Å². The van der Waals surface area contributed by atoms with Crippen molar-refractivity contribution < 1.29 is 1.43 Å². The van der Waals surface area contributed by atoms with E-state index < -0.39 is 0 Å². The third-order valence-corrected chi connectivity index (χ3v) is 5.29. The van der Waals surface area contributed by atoms with Crippen LogP contribution in [-0.4, -0.2) is 22.7 Å². The van der Waals surface area contributed by atoms with E-state index in [2.05, 4.69) is 42.6 Å². The first-order valence-electron chi connectivity index (χ1n) is 7.09. The first kappa shape index (κ1) is 11.8. The van der Waals surface area contributed by atoms with E-state index in [4.69, 9.17) is 5.73 Å². The second-order valence-corrected chi connectivity index (χ2v) is 7.00. The van der Waals surface area contributed by atoms with Gasteiger partial charge in [-0.05, 0) is 24.0 Å². The number of aromatic nitrogens is 2. The smallest absolute Gasteiger partial charge is 0.0775 e. The van der Waals surface area contributed by atoms with Gasteiger partial charge in [-0.2, -0.15) is 5.10 Å². The summed E-state index contributed by atoms with van der Waals surface area (Å²) in [6.45, 7) is 10.9. The molecule has 4 heteroatoms. The molecule has 0 radical (unpaired) electrons. The van der Waals surface area contributed by atoms with E-state index in [9.17, 15) is 0 Å². The van der Waals surface area contributed by atoms with Crippen LogP contribution in [0.5, 0.6) is 0 Å². The maximum Gasteiger partial charge on any atom is 0.0775 e. The molecular formula is C16H22N4. The van der Waals surface area contributed by atoms with Crippen molar-refractivity contribution in [1.82, 2.24) is 9.61 Å². The Kier molecular flexibility index (Phi) is 1.99. The second-order valence-electron chi connectivity index (χ2n) is 7.00. The standard InChI is InChI=1S/C16H20N4.H2/c1-11(17)13-7-18-20-5-4-12(6-14(13)20)19-9-16(10-19)8-15(16,2)3;/h4-7H,1,8-10,17H2,2-3H3;1H. The van der Waals surface area contributed by atoms with Crippen LogP contribution >= 0.6 is 0 Å². The van der Waals surface area contributed by atoms with Crippen LogP contribution in [0.4, 0.5) is 5.69 Å². The average Bonchev–Trinajstić information content (AvgIpc) is 2.74. The lowest BCUT2D eigenvalue weighted by atomic mass is 9.87. The molecule has 1 saturated carbocycles. The van der Waals surface area contributed by atoms with Gasteiger partial charge < -0.3 is 10.6 Å². The highest BCUT2D eigenvalue weighted by molar-refractivity contribution is 5.77. The topological polar surface area (TPSA) is 46.6 Å². The van der Waals surface area contributed by atoms with Gasteiger partial charge in [-0.1, -0.05) is 20.4 Å². The Hall–Kier alpha value is -1.97. The molecule has 0 atom stereocenters. The van der Waals surface area contributed by atoms with Crippen LogP contribution < -0.4 is 10.6 Å². The summed E-state index contributed by atoms with van der Waals surface area (Å²) in [7, 11) is 0. The zero-order chi connectivity index (χ0) is 14.1. The molecule has 0 amide bonds. The number of nitrogens with two attached hydrogens (primary N) is 1. The van der Waals surface area contributed by atoms with Crippen molar-refractivity contribution in [3.63, 3.8) is 0 Å². The van der Waals surface area contributed by atoms with Gasteiger partial charge in [0.05, 0.1) is 11.7 Å². The summed E-state index contributed by atoms with van der Waals surface area (Å²) in [6, 6.07) is 4.30. The van der Waals surface area contributed by atoms with Gasteiger partial charge in [0, 0.05) is 43.1 Å². The Balaban J connectivity index is 0.00000132. The third-order valence-electron chi connectivity index (χ3n) is 5.29. The molecule has 3 heterocycles. The maximum atomic E-state index is 5.82. The fourth-order valence-electron chi connectivity index (χ4n) is 3.62. The zero-order valence-corrected chi connectivity index (χ0v) is 12.1. The van der Waals surface area contributed by atoms with Gasteiger partial charge in [0.2, 0.25) is 0 Å². The largest absolute Gasteiger partial charge is 0.399 e. The normalized spacial score (nSPS) is 22.0. The van der Waals surface area contributed by atoms with Gasteiger partial charge in [-0.25, -0.2) is 4.52 Å². The van der Waals surface area contributed by atoms with Crippen molar-refractivity contribution in [2.45, 2.75) is 20.3 Å². The molecule has 0 bridgehead atoms. The highest BCUT2D eigenvalue weighted by atomic mass is 15.3. The molecule has 1 aliphatic heterocycles. The number of nitrogens with zero attached hydrogens (tertiary/aromatic N) is 3. The molecule has 2 aromatic heterocycles. The Morgan fingerprint density at radius 3 is 2.75 bits per heavy atom. The summed E-state index contributed by atoms with van der Waals surface area (Å²) in [6.07, 6.45) is 5.14. The van der Waals surface area contributed by atoms with E-state index >= 15 is 0 Å². The molecule has 2 aromatic rings. The Morgan fingerprint density at radius 1 is 1.45 bits per heavy atom. The van der Waals surface area contributed by atoms with Crippen LogP contribution in [0.25, 0.3) is 11.2 Å². The van der Waals surface area contributed by atoms with Gasteiger partial charge >= 0.3 is 0 Å². The molecule has 0 aromatic carbocycles. The molecular weight excluding hydrogens is 248 g/mol. The lowest BCUT2D eigenvalue weighted by Gasteiger charge is -2.44. The minimum absolute atomic E-state index is 0. The molecule has 4 nitrogen and oxygen atoms in total. The highest BCUT2D eigenvalue weighted by Crippen LogP contribution is 2.68. The Bertz CT molecular complexity index is 725. The molecule has 20 heavy (non-hydrogen) atoms. The van der Waals surface area contributed by atoms with Crippen molar-refractivity contribution in [1.29, 1.82) is 0 Å². The number of pyridine rings is 1. The predicted octanol–water partition coefficient (Wildman–Crippen LogP) is 2.75. The number of rotatable bonds is 2. The van der Waals surface area contributed by atoms with Crippen LogP contribution in [0, 0.1) is 10.8 Å². The summed E-state index contributed by atoms with van der Waals surface area (Å²) in [5.41, 5.74) is 10.7. The minimum Gasteiger partial charge on any atom is -0.399 e. The molecule has 1 saturated heterocycles. The summed E-state index contributed by atoms with van der Waals surface area (Å²) >= 11 is 0.